The van der Waals surface area contributed by atoms with Crippen molar-refractivity contribution in [3.05, 3.63) is 78.4 Å². The van der Waals surface area contributed by atoms with Gasteiger partial charge in [-0.1, -0.05) is 12.1 Å². The number of allylic oxidation sites excluding steroid dienone is 1. The average molecular weight is 353 g/mol. The van der Waals surface area contributed by atoms with E-state index in [2.05, 4.69) is 49.8 Å². The number of imidazole rings is 1. The fraction of sp³-hybridized carbons (Fsp3) is 0.0909. The molecule has 132 valence electrons. The van der Waals surface area contributed by atoms with Gasteiger partial charge in [-0.3, -0.25) is 0 Å². The van der Waals surface area contributed by atoms with Crippen molar-refractivity contribution in [1.29, 1.82) is 5.26 Å². The maximum atomic E-state index is 9.67. The number of para-hydroxylation sites is 2. The quantitative estimate of drug-likeness (QED) is 0.550. The molecule has 0 radical (unpaired) electrons. The second-order valence-corrected chi connectivity index (χ2v) is 6.49. The number of H-pyrrole nitrogens is 1. The van der Waals surface area contributed by atoms with Crippen LogP contribution in [0.1, 0.15) is 11.5 Å². The second-order valence-electron chi connectivity index (χ2n) is 6.49. The lowest BCUT2D eigenvalue weighted by atomic mass is 10.2. The molecule has 2 aromatic carbocycles. The largest absolute Gasteiger partial charge is 0.378 e. The Labute approximate surface area is 157 Å². The molecule has 0 atom stereocenters. The van der Waals surface area contributed by atoms with Crippen LogP contribution < -0.4 is 4.90 Å². The molecule has 5 heteroatoms. The smallest absolute Gasteiger partial charge is 0.149 e. The van der Waals surface area contributed by atoms with Crippen molar-refractivity contribution in [3.8, 4) is 11.8 Å². The number of aromatic amines is 1. The van der Waals surface area contributed by atoms with Gasteiger partial charge in [0, 0.05) is 37.4 Å². The van der Waals surface area contributed by atoms with Crippen molar-refractivity contribution >= 4 is 28.4 Å². The molecule has 4 rings (SSSR count). The molecule has 5 nitrogen and oxygen atoms in total. The highest BCUT2D eigenvalue weighted by Gasteiger charge is 2.10. The summed E-state index contributed by atoms with van der Waals surface area (Å²) in [6.07, 6.45) is 3.85. The molecule has 0 aliphatic heterocycles. The summed E-state index contributed by atoms with van der Waals surface area (Å²) < 4.78 is 2.05. The molecule has 2 heterocycles. The van der Waals surface area contributed by atoms with Gasteiger partial charge in [0.1, 0.15) is 11.9 Å². The first kappa shape index (κ1) is 16.7. The summed E-state index contributed by atoms with van der Waals surface area (Å²) in [6, 6.07) is 22.3. The van der Waals surface area contributed by atoms with E-state index in [0.717, 1.165) is 28.1 Å². The number of anilines is 1. The minimum absolute atomic E-state index is 0.496. The molecule has 0 unspecified atom stereocenters. The van der Waals surface area contributed by atoms with Crippen LogP contribution in [0.25, 0.3) is 28.4 Å². The summed E-state index contributed by atoms with van der Waals surface area (Å²) in [7, 11) is 4.04. The van der Waals surface area contributed by atoms with E-state index in [1.807, 2.05) is 62.8 Å². The molecule has 0 spiro atoms. The van der Waals surface area contributed by atoms with Crippen LogP contribution in [-0.2, 0) is 0 Å². The van der Waals surface area contributed by atoms with Gasteiger partial charge >= 0.3 is 0 Å². The molecule has 0 aliphatic carbocycles. The Hall–Kier alpha value is -3.78. The van der Waals surface area contributed by atoms with Crippen LogP contribution in [0.15, 0.2) is 66.9 Å². The predicted octanol–water partition coefficient (Wildman–Crippen LogP) is 4.48. The first-order chi connectivity index (χ1) is 13.2. The topological polar surface area (TPSA) is 60.6 Å². The van der Waals surface area contributed by atoms with E-state index in [4.69, 9.17) is 0 Å². The lowest BCUT2D eigenvalue weighted by Gasteiger charge is -2.13. The molecule has 0 fully saturated rings. The van der Waals surface area contributed by atoms with E-state index < -0.39 is 0 Å². The minimum Gasteiger partial charge on any atom is -0.378 e. The highest BCUT2D eigenvalue weighted by atomic mass is 15.1. The molecule has 1 N–H and O–H groups in total. The Morgan fingerprint density at radius 2 is 1.85 bits per heavy atom. The molecule has 0 amide bonds. The number of hydrogen-bond acceptors (Lipinski definition) is 3. The van der Waals surface area contributed by atoms with Gasteiger partial charge in [-0.25, -0.2) is 4.98 Å². The number of hydrogen-bond donors (Lipinski definition) is 1. The van der Waals surface area contributed by atoms with Crippen LogP contribution in [0.4, 0.5) is 5.69 Å². The normalized spacial score (nSPS) is 11.5. The van der Waals surface area contributed by atoms with E-state index in [-0.39, 0.29) is 0 Å². The molecule has 0 saturated heterocycles. The van der Waals surface area contributed by atoms with Gasteiger partial charge in [0.25, 0.3) is 0 Å². The van der Waals surface area contributed by atoms with Gasteiger partial charge in [0.15, 0.2) is 0 Å². The summed E-state index contributed by atoms with van der Waals surface area (Å²) in [5.74, 6) is 0.578. The second kappa shape index (κ2) is 6.85. The maximum absolute atomic E-state index is 9.67. The highest BCUT2D eigenvalue weighted by molar-refractivity contribution is 5.90. The fourth-order valence-electron chi connectivity index (χ4n) is 3.04. The van der Waals surface area contributed by atoms with Crippen LogP contribution in [-0.4, -0.2) is 28.6 Å². The van der Waals surface area contributed by atoms with Crippen LogP contribution in [0.5, 0.6) is 0 Å². The van der Waals surface area contributed by atoms with Crippen molar-refractivity contribution in [3.63, 3.8) is 0 Å². The Bertz CT molecular complexity index is 1120. The van der Waals surface area contributed by atoms with Gasteiger partial charge < -0.3 is 14.5 Å². The number of benzene rings is 2. The lowest BCUT2D eigenvalue weighted by molar-refractivity contribution is 1.06. The monoisotopic (exact) mass is 353 g/mol. The number of nitriles is 1. The Morgan fingerprint density at radius 1 is 1.07 bits per heavy atom. The first-order valence-electron chi connectivity index (χ1n) is 8.68. The third kappa shape index (κ3) is 3.21. The minimum atomic E-state index is 0.496. The van der Waals surface area contributed by atoms with Crippen molar-refractivity contribution in [1.82, 2.24) is 14.5 Å². The first-order valence-corrected chi connectivity index (χ1v) is 8.68. The number of aromatic nitrogens is 3. The van der Waals surface area contributed by atoms with Gasteiger partial charge in [0.2, 0.25) is 0 Å². The van der Waals surface area contributed by atoms with Crippen molar-refractivity contribution in [2.75, 3.05) is 19.0 Å². The Morgan fingerprint density at radius 3 is 2.56 bits per heavy atom. The van der Waals surface area contributed by atoms with E-state index in [1.165, 1.54) is 0 Å². The van der Waals surface area contributed by atoms with Crippen molar-refractivity contribution < 1.29 is 0 Å². The lowest BCUT2D eigenvalue weighted by Crippen LogP contribution is -2.08. The van der Waals surface area contributed by atoms with Crippen molar-refractivity contribution in [2.24, 2.45) is 0 Å². The van der Waals surface area contributed by atoms with Crippen LogP contribution in [0.3, 0.4) is 0 Å². The van der Waals surface area contributed by atoms with E-state index in [0.29, 0.717) is 11.4 Å². The SMILES string of the molecule is CN(C)c1ccc(-n2cccc2/C=C(/C#N)c2nc3ccccc3[nH]2)cc1. The van der Waals surface area contributed by atoms with Crippen LogP contribution in [0.2, 0.25) is 0 Å². The summed E-state index contributed by atoms with van der Waals surface area (Å²) in [4.78, 5) is 9.82. The zero-order valence-electron chi connectivity index (χ0n) is 15.2. The highest BCUT2D eigenvalue weighted by Crippen LogP contribution is 2.22. The predicted molar refractivity (Wildman–Crippen MR) is 110 cm³/mol. The molecule has 4 aromatic rings. The van der Waals surface area contributed by atoms with Gasteiger partial charge in [-0.05, 0) is 54.6 Å². The number of fused-ring (bicyclic) bond motifs is 1. The van der Waals surface area contributed by atoms with Crippen LogP contribution >= 0.6 is 0 Å². The Kier molecular flexibility index (Phi) is 4.23. The maximum Gasteiger partial charge on any atom is 0.149 e. The number of rotatable bonds is 4. The standard InChI is InChI=1S/C22H19N5/c1-26(2)17-9-11-18(12-10-17)27-13-5-6-19(27)14-16(15-23)22-24-20-7-3-4-8-21(20)25-22/h3-14H,1-2H3,(H,24,25)/b16-14-. The third-order valence-electron chi connectivity index (χ3n) is 4.48. The third-order valence-corrected chi connectivity index (χ3v) is 4.48. The molecule has 0 bridgehead atoms. The molecule has 2 aromatic heterocycles. The van der Waals surface area contributed by atoms with Gasteiger partial charge in [0.05, 0.1) is 16.6 Å². The zero-order chi connectivity index (χ0) is 18.8. The zero-order valence-corrected chi connectivity index (χ0v) is 15.2. The summed E-state index contributed by atoms with van der Waals surface area (Å²) in [5, 5.41) is 9.67. The van der Waals surface area contributed by atoms with Crippen LogP contribution in [0, 0.1) is 11.3 Å². The van der Waals surface area contributed by atoms with Gasteiger partial charge in [-0.15, -0.1) is 0 Å². The fourth-order valence-corrected chi connectivity index (χ4v) is 3.04. The molecule has 0 aliphatic rings. The summed E-state index contributed by atoms with van der Waals surface area (Å²) in [5.41, 5.74) is 5.37. The van der Waals surface area contributed by atoms with E-state index in [9.17, 15) is 5.26 Å². The summed E-state index contributed by atoms with van der Waals surface area (Å²) in [6.45, 7) is 0. The molecule has 0 saturated carbocycles. The molecule has 27 heavy (non-hydrogen) atoms. The van der Waals surface area contributed by atoms with E-state index >= 15 is 0 Å². The van der Waals surface area contributed by atoms with Gasteiger partial charge in [-0.2, -0.15) is 5.26 Å². The average Bonchev–Trinajstić information content (AvgIpc) is 3.32. The Balaban J connectivity index is 1.73. The van der Waals surface area contributed by atoms with E-state index in [1.54, 1.807) is 0 Å². The summed E-state index contributed by atoms with van der Waals surface area (Å²) >= 11 is 0. The van der Waals surface area contributed by atoms with Crippen molar-refractivity contribution in [2.45, 2.75) is 0 Å². The number of nitrogens with one attached hydrogen (secondary N) is 1. The molecular formula is C22H19N5. The number of nitrogens with zero attached hydrogens (tertiary/aromatic N) is 4. The molecular weight excluding hydrogens is 334 g/mol.